The van der Waals surface area contributed by atoms with Gasteiger partial charge in [-0.3, -0.25) is 4.79 Å². The molecule has 27 heavy (non-hydrogen) atoms. The third-order valence-corrected chi connectivity index (χ3v) is 4.06. The fourth-order valence-corrected chi connectivity index (χ4v) is 2.72. The Balaban J connectivity index is 1.66. The van der Waals surface area contributed by atoms with Crippen molar-refractivity contribution >= 4 is 17.0 Å². The second-order valence-corrected chi connectivity index (χ2v) is 5.89. The Labute approximate surface area is 155 Å². The Morgan fingerprint density at radius 3 is 2.59 bits per heavy atom. The van der Waals surface area contributed by atoms with Crippen molar-refractivity contribution in [3.63, 3.8) is 0 Å². The van der Waals surface area contributed by atoms with E-state index in [1.807, 2.05) is 6.92 Å². The molecule has 6 nitrogen and oxygen atoms in total. The Kier molecular flexibility index (Phi) is 5.49. The maximum atomic E-state index is 12.8. The normalized spacial score (nSPS) is 10.8. The molecule has 1 heterocycles. The summed E-state index contributed by atoms with van der Waals surface area (Å²) in [6.07, 6.45) is 0. The third kappa shape index (κ3) is 4.13. The number of benzene rings is 2. The monoisotopic (exact) mass is 370 g/mol. The lowest BCUT2D eigenvalue weighted by Crippen LogP contribution is -2.23. The number of ether oxygens (including phenoxy) is 2. The predicted octanol–water partition coefficient (Wildman–Crippen LogP) is 3.10. The first-order valence-electron chi connectivity index (χ1n) is 8.56. The molecule has 140 valence electrons. The van der Waals surface area contributed by atoms with Gasteiger partial charge < -0.3 is 14.0 Å². The third-order valence-electron chi connectivity index (χ3n) is 4.06. The minimum absolute atomic E-state index is 0.0508. The van der Waals surface area contributed by atoms with E-state index in [0.717, 1.165) is 0 Å². The average Bonchev–Trinajstić information content (AvgIpc) is 2.67. The van der Waals surface area contributed by atoms with Crippen LogP contribution in [0.25, 0.3) is 11.0 Å². The average molecular weight is 370 g/mol. The fraction of sp³-hybridized carbons (Fsp3) is 0.250. The lowest BCUT2D eigenvalue weighted by atomic mass is 10.2. The summed E-state index contributed by atoms with van der Waals surface area (Å²) in [5, 5.41) is 0. The van der Waals surface area contributed by atoms with Gasteiger partial charge in [0.15, 0.2) is 0 Å². The van der Waals surface area contributed by atoms with E-state index in [4.69, 9.17) is 9.47 Å². The number of carbonyl (C=O) groups is 1. The number of aryl methyl sites for hydroxylation is 2. The molecule has 0 bridgehead atoms. The summed E-state index contributed by atoms with van der Waals surface area (Å²) in [6.45, 7) is 4.24. The Hall–Kier alpha value is -3.22. The smallest absolute Gasteiger partial charge is 0.338 e. The lowest BCUT2D eigenvalue weighted by molar-refractivity contribution is 0.0450. The number of nitrogens with zero attached hydrogens (tertiary/aromatic N) is 2. The van der Waals surface area contributed by atoms with Crippen LogP contribution in [-0.4, -0.2) is 28.7 Å². The number of fused-ring (bicyclic) bond motifs is 1. The largest absolute Gasteiger partial charge is 0.490 e. The van der Waals surface area contributed by atoms with Gasteiger partial charge in [-0.1, -0.05) is 0 Å². The topological polar surface area (TPSA) is 70.4 Å². The van der Waals surface area contributed by atoms with Crippen LogP contribution in [0.1, 0.15) is 23.0 Å². The summed E-state index contributed by atoms with van der Waals surface area (Å²) in [5.74, 6) is -0.355. The van der Waals surface area contributed by atoms with Gasteiger partial charge in [-0.15, -0.1) is 0 Å². The van der Waals surface area contributed by atoms with E-state index in [2.05, 4.69) is 4.98 Å². The van der Waals surface area contributed by atoms with Gasteiger partial charge in [0, 0.05) is 6.54 Å². The number of hydrogen-bond donors (Lipinski definition) is 0. The molecule has 0 fully saturated rings. The van der Waals surface area contributed by atoms with E-state index in [1.54, 1.807) is 29.7 Å². The maximum absolute atomic E-state index is 12.8. The van der Waals surface area contributed by atoms with Crippen molar-refractivity contribution in [2.24, 2.45) is 0 Å². The number of hydrogen-bond acceptors (Lipinski definition) is 5. The van der Waals surface area contributed by atoms with Crippen molar-refractivity contribution in [2.75, 3.05) is 13.2 Å². The van der Waals surface area contributed by atoms with Crippen molar-refractivity contribution in [3.05, 3.63) is 69.9 Å². The standard InChI is InChI=1S/C20H19FN2O4/c1-3-23-18-9-4-14(12-17(18)22-13(2)19(23)24)20(25)27-11-10-26-16-7-5-15(21)6-8-16/h4-9,12H,3,10-11H2,1-2H3. The predicted molar refractivity (Wildman–Crippen MR) is 98.6 cm³/mol. The quantitative estimate of drug-likeness (QED) is 0.493. The van der Waals surface area contributed by atoms with Crippen LogP contribution in [0.2, 0.25) is 0 Å². The number of rotatable bonds is 6. The van der Waals surface area contributed by atoms with Gasteiger partial charge in [-0.05, 0) is 56.3 Å². The van der Waals surface area contributed by atoms with Crippen molar-refractivity contribution in [2.45, 2.75) is 20.4 Å². The first-order valence-corrected chi connectivity index (χ1v) is 8.56. The molecule has 0 aliphatic heterocycles. The number of halogens is 1. The van der Waals surface area contributed by atoms with Crippen LogP contribution in [-0.2, 0) is 11.3 Å². The van der Waals surface area contributed by atoms with Crippen LogP contribution in [0.5, 0.6) is 5.75 Å². The van der Waals surface area contributed by atoms with Gasteiger partial charge in [0.2, 0.25) is 0 Å². The molecule has 3 rings (SSSR count). The minimum atomic E-state index is -0.506. The molecule has 0 atom stereocenters. The summed E-state index contributed by atoms with van der Waals surface area (Å²) in [7, 11) is 0. The molecule has 1 aromatic heterocycles. The Morgan fingerprint density at radius 1 is 1.15 bits per heavy atom. The molecule has 0 aliphatic rings. The van der Waals surface area contributed by atoms with E-state index in [9.17, 15) is 14.0 Å². The van der Waals surface area contributed by atoms with Crippen molar-refractivity contribution in [3.8, 4) is 5.75 Å². The molecular weight excluding hydrogens is 351 g/mol. The van der Waals surface area contributed by atoms with Crippen molar-refractivity contribution in [1.82, 2.24) is 9.55 Å². The van der Waals surface area contributed by atoms with E-state index in [-0.39, 0.29) is 24.6 Å². The Morgan fingerprint density at radius 2 is 1.89 bits per heavy atom. The van der Waals surface area contributed by atoms with Gasteiger partial charge in [-0.2, -0.15) is 0 Å². The Bertz CT molecular complexity index is 1030. The summed E-state index contributed by atoms with van der Waals surface area (Å²) in [4.78, 5) is 28.6. The van der Waals surface area contributed by atoms with Crippen LogP contribution in [0.3, 0.4) is 0 Å². The molecule has 7 heteroatoms. The van der Waals surface area contributed by atoms with Crippen LogP contribution < -0.4 is 10.3 Å². The highest BCUT2D eigenvalue weighted by atomic mass is 19.1. The zero-order valence-corrected chi connectivity index (χ0v) is 15.1. The molecule has 0 saturated carbocycles. The SMILES string of the molecule is CCn1c(=O)c(C)nc2cc(C(=O)OCCOc3ccc(F)cc3)ccc21. The van der Waals surface area contributed by atoms with Crippen LogP contribution in [0.4, 0.5) is 4.39 Å². The van der Waals surface area contributed by atoms with E-state index in [1.165, 1.54) is 24.3 Å². The summed E-state index contributed by atoms with van der Waals surface area (Å²) in [6, 6.07) is 10.5. The lowest BCUT2D eigenvalue weighted by Gasteiger charge is -2.10. The first kappa shape index (κ1) is 18.6. The second-order valence-electron chi connectivity index (χ2n) is 5.89. The highest BCUT2D eigenvalue weighted by Gasteiger charge is 2.12. The summed E-state index contributed by atoms with van der Waals surface area (Å²) >= 11 is 0. The number of carbonyl (C=O) groups excluding carboxylic acids is 1. The van der Waals surface area contributed by atoms with Gasteiger partial charge in [0.1, 0.15) is 30.5 Å². The van der Waals surface area contributed by atoms with Gasteiger partial charge in [-0.25, -0.2) is 14.2 Å². The van der Waals surface area contributed by atoms with E-state index >= 15 is 0 Å². The first-order chi connectivity index (χ1) is 13.0. The highest BCUT2D eigenvalue weighted by Crippen LogP contribution is 2.15. The zero-order valence-electron chi connectivity index (χ0n) is 15.1. The maximum Gasteiger partial charge on any atom is 0.338 e. The molecule has 0 amide bonds. The number of aromatic nitrogens is 2. The number of esters is 1. The van der Waals surface area contributed by atoms with Gasteiger partial charge in [0.05, 0.1) is 16.6 Å². The minimum Gasteiger partial charge on any atom is -0.490 e. The molecule has 0 spiro atoms. The van der Waals surface area contributed by atoms with Crippen LogP contribution in [0.15, 0.2) is 47.3 Å². The van der Waals surface area contributed by atoms with Gasteiger partial charge >= 0.3 is 5.97 Å². The molecule has 0 saturated heterocycles. The van der Waals surface area contributed by atoms with Crippen molar-refractivity contribution < 1.29 is 18.7 Å². The molecular formula is C20H19FN2O4. The van der Waals surface area contributed by atoms with Crippen LogP contribution >= 0.6 is 0 Å². The molecule has 0 N–H and O–H groups in total. The fourth-order valence-electron chi connectivity index (χ4n) is 2.72. The second kappa shape index (κ2) is 7.99. The summed E-state index contributed by atoms with van der Waals surface area (Å²) in [5.41, 5.74) is 1.81. The molecule has 0 radical (unpaired) electrons. The molecule has 0 aliphatic carbocycles. The molecule has 0 unspecified atom stereocenters. The molecule has 3 aromatic rings. The van der Waals surface area contributed by atoms with Crippen molar-refractivity contribution in [1.29, 1.82) is 0 Å². The van der Waals surface area contributed by atoms with E-state index < -0.39 is 5.97 Å². The van der Waals surface area contributed by atoms with E-state index in [0.29, 0.717) is 34.6 Å². The zero-order chi connectivity index (χ0) is 19.4. The summed E-state index contributed by atoms with van der Waals surface area (Å²) < 4.78 is 25.0. The highest BCUT2D eigenvalue weighted by molar-refractivity contribution is 5.93. The van der Waals surface area contributed by atoms with Crippen LogP contribution in [0, 0.1) is 12.7 Å². The van der Waals surface area contributed by atoms with Gasteiger partial charge in [0.25, 0.3) is 5.56 Å². The molecule has 2 aromatic carbocycles.